The maximum Gasteiger partial charge on any atom is 0.307 e. The maximum atomic E-state index is 13.5. The Morgan fingerprint density at radius 1 is 0.974 bits per heavy atom. The normalized spacial score (nSPS) is 17.5. The average molecular weight is 588 g/mol. The van der Waals surface area contributed by atoms with E-state index in [0.29, 0.717) is 24.2 Å². The van der Waals surface area contributed by atoms with E-state index in [4.69, 9.17) is 9.72 Å². The zero-order valence-electron chi connectivity index (χ0n) is 21.2. The van der Waals surface area contributed by atoms with Crippen molar-refractivity contribution in [1.82, 2.24) is 14.5 Å². The zero-order valence-corrected chi connectivity index (χ0v) is 22.8. The first kappa shape index (κ1) is 25.5. The Balaban J connectivity index is 1.32. The Kier molecular flexibility index (Phi) is 7.04. The van der Waals surface area contributed by atoms with Gasteiger partial charge in [0.05, 0.1) is 28.2 Å². The highest BCUT2D eigenvalue weighted by molar-refractivity contribution is 9.10. The van der Waals surface area contributed by atoms with E-state index in [1.807, 2.05) is 42.5 Å². The van der Waals surface area contributed by atoms with Gasteiger partial charge in [-0.05, 0) is 66.9 Å². The lowest BCUT2D eigenvalue weighted by Gasteiger charge is -2.28. The van der Waals surface area contributed by atoms with Gasteiger partial charge in [0.25, 0.3) is 0 Å². The second-order valence-corrected chi connectivity index (χ2v) is 11.0. The summed E-state index contributed by atoms with van der Waals surface area (Å²) in [4.78, 5) is 21.7. The van der Waals surface area contributed by atoms with Gasteiger partial charge < -0.3 is 14.4 Å². The first-order valence-electron chi connectivity index (χ1n) is 13.1. The Hall–Kier alpha value is -3.78. The molecule has 39 heavy (non-hydrogen) atoms. The van der Waals surface area contributed by atoms with Crippen LogP contribution in [0.4, 0.5) is 4.39 Å². The molecule has 0 spiro atoms. The SMILES string of the molecule is O=C(O)[C@H]1CCCC[C@H]1c1nc2cc(OCc3ccc4cc(F)ccc4n3)ccc2n1Cc1ccc(Br)cc1. The van der Waals surface area contributed by atoms with Crippen LogP contribution in [0.3, 0.4) is 0 Å². The lowest BCUT2D eigenvalue weighted by Crippen LogP contribution is -2.27. The molecule has 1 aliphatic rings. The Morgan fingerprint density at radius 3 is 2.62 bits per heavy atom. The van der Waals surface area contributed by atoms with Gasteiger partial charge in [-0.3, -0.25) is 4.79 Å². The molecular weight excluding hydrogens is 561 g/mol. The Bertz CT molecular complexity index is 1670. The summed E-state index contributed by atoms with van der Waals surface area (Å²) in [6, 6.07) is 22.2. The van der Waals surface area contributed by atoms with Crippen molar-refractivity contribution in [1.29, 1.82) is 0 Å². The molecule has 8 heteroatoms. The van der Waals surface area contributed by atoms with Crippen LogP contribution < -0.4 is 4.74 Å². The van der Waals surface area contributed by atoms with Crippen LogP contribution in [0.1, 0.15) is 48.7 Å². The number of rotatable bonds is 7. The molecule has 1 saturated carbocycles. The monoisotopic (exact) mass is 587 g/mol. The molecule has 3 aromatic carbocycles. The predicted molar refractivity (Wildman–Crippen MR) is 151 cm³/mol. The molecule has 1 fully saturated rings. The molecule has 0 bridgehead atoms. The number of aliphatic carboxylic acids is 1. The fraction of sp³-hybridized carbons (Fsp3) is 0.258. The number of pyridine rings is 1. The molecule has 2 heterocycles. The van der Waals surface area contributed by atoms with Gasteiger partial charge in [-0.2, -0.15) is 0 Å². The van der Waals surface area contributed by atoms with Gasteiger partial charge in [-0.25, -0.2) is 14.4 Å². The minimum Gasteiger partial charge on any atom is -0.487 e. The van der Waals surface area contributed by atoms with Gasteiger partial charge in [0.15, 0.2) is 0 Å². The summed E-state index contributed by atoms with van der Waals surface area (Å²) in [5.74, 6) is -0.153. The Labute approximate surface area is 233 Å². The highest BCUT2D eigenvalue weighted by Crippen LogP contribution is 2.39. The molecule has 0 aliphatic heterocycles. The second kappa shape index (κ2) is 10.8. The van der Waals surface area contributed by atoms with E-state index in [0.717, 1.165) is 57.2 Å². The molecule has 1 aliphatic carbocycles. The quantitative estimate of drug-likeness (QED) is 0.214. The number of ether oxygens (including phenoxy) is 1. The van der Waals surface area contributed by atoms with E-state index in [1.54, 1.807) is 6.07 Å². The van der Waals surface area contributed by atoms with Gasteiger partial charge in [-0.15, -0.1) is 0 Å². The number of hydrogen-bond donors (Lipinski definition) is 1. The molecule has 6 rings (SSSR count). The molecular formula is C31H27BrFN3O3. The number of benzene rings is 3. The van der Waals surface area contributed by atoms with Crippen LogP contribution in [0, 0.1) is 11.7 Å². The van der Waals surface area contributed by atoms with E-state index < -0.39 is 11.9 Å². The first-order chi connectivity index (χ1) is 18.9. The largest absolute Gasteiger partial charge is 0.487 e. The van der Waals surface area contributed by atoms with Crippen LogP contribution in [0.2, 0.25) is 0 Å². The van der Waals surface area contributed by atoms with E-state index in [2.05, 4.69) is 37.6 Å². The smallest absolute Gasteiger partial charge is 0.307 e. The summed E-state index contributed by atoms with van der Waals surface area (Å²) < 4.78 is 22.7. The van der Waals surface area contributed by atoms with Crippen molar-refractivity contribution >= 4 is 43.8 Å². The summed E-state index contributed by atoms with van der Waals surface area (Å²) in [6.45, 7) is 0.860. The highest BCUT2D eigenvalue weighted by atomic mass is 79.9. The van der Waals surface area contributed by atoms with E-state index in [-0.39, 0.29) is 18.3 Å². The lowest BCUT2D eigenvalue weighted by molar-refractivity contribution is -0.143. The fourth-order valence-electron chi connectivity index (χ4n) is 5.55. The van der Waals surface area contributed by atoms with Crippen molar-refractivity contribution < 1.29 is 19.0 Å². The molecule has 0 amide bonds. The van der Waals surface area contributed by atoms with Crippen LogP contribution >= 0.6 is 15.9 Å². The van der Waals surface area contributed by atoms with Crippen LogP contribution in [0.25, 0.3) is 21.9 Å². The molecule has 1 N–H and O–H groups in total. The Morgan fingerprint density at radius 2 is 1.79 bits per heavy atom. The molecule has 198 valence electrons. The van der Waals surface area contributed by atoms with Crippen LogP contribution in [-0.4, -0.2) is 25.6 Å². The van der Waals surface area contributed by atoms with Crippen LogP contribution in [-0.2, 0) is 17.9 Å². The number of imidazole rings is 1. The number of nitrogens with zero attached hydrogens (tertiary/aromatic N) is 3. The third-order valence-electron chi connectivity index (χ3n) is 7.51. The van der Waals surface area contributed by atoms with Gasteiger partial charge >= 0.3 is 5.97 Å². The third-order valence-corrected chi connectivity index (χ3v) is 8.04. The molecule has 2 aromatic heterocycles. The van der Waals surface area contributed by atoms with Crippen LogP contribution in [0.15, 0.2) is 77.3 Å². The van der Waals surface area contributed by atoms with Crippen molar-refractivity contribution in [2.75, 3.05) is 0 Å². The number of hydrogen-bond acceptors (Lipinski definition) is 4. The average Bonchev–Trinajstić information content (AvgIpc) is 3.30. The standard InChI is InChI=1S/C31H27BrFN3O3/c32-21-8-5-19(6-9-21)17-36-29-14-12-24(39-18-23-11-7-20-15-22(33)10-13-27(20)34-23)16-28(29)35-30(36)25-3-1-2-4-26(25)31(37)38/h5-16,25-26H,1-4,17-18H2,(H,37,38)/t25-,26+/m1/s1. The summed E-state index contributed by atoms with van der Waals surface area (Å²) in [6.07, 6.45) is 3.40. The summed E-state index contributed by atoms with van der Waals surface area (Å²) in [7, 11) is 0. The minimum atomic E-state index is -0.753. The number of carbonyl (C=O) groups is 1. The van der Waals surface area contributed by atoms with Gasteiger partial charge in [0, 0.05) is 28.4 Å². The second-order valence-electron chi connectivity index (χ2n) is 10.1. The summed E-state index contributed by atoms with van der Waals surface area (Å²) in [5, 5.41) is 10.7. The molecule has 6 nitrogen and oxygen atoms in total. The van der Waals surface area contributed by atoms with Crippen molar-refractivity contribution in [3.05, 3.63) is 100 Å². The lowest BCUT2D eigenvalue weighted by atomic mass is 9.78. The van der Waals surface area contributed by atoms with Crippen molar-refractivity contribution in [2.45, 2.75) is 44.8 Å². The van der Waals surface area contributed by atoms with Crippen LogP contribution in [0.5, 0.6) is 5.75 Å². The topological polar surface area (TPSA) is 77.2 Å². The first-order valence-corrected chi connectivity index (χ1v) is 13.9. The van der Waals surface area contributed by atoms with Gasteiger partial charge in [0.1, 0.15) is 24.0 Å². The molecule has 0 radical (unpaired) electrons. The minimum absolute atomic E-state index is 0.143. The third kappa shape index (κ3) is 5.39. The van der Waals surface area contributed by atoms with Gasteiger partial charge in [0.2, 0.25) is 0 Å². The van der Waals surface area contributed by atoms with E-state index in [9.17, 15) is 14.3 Å². The number of fused-ring (bicyclic) bond motifs is 2. The predicted octanol–water partition coefficient (Wildman–Crippen LogP) is 7.47. The fourth-order valence-corrected chi connectivity index (χ4v) is 5.82. The molecule has 0 saturated heterocycles. The number of aromatic nitrogens is 3. The zero-order chi connectivity index (χ0) is 26.9. The highest BCUT2D eigenvalue weighted by Gasteiger charge is 2.35. The number of halogens is 2. The summed E-state index contributed by atoms with van der Waals surface area (Å²) >= 11 is 3.50. The number of carboxylic acids is 1. The summed E-state index contributed by atoms with van der Waals surface area (Å²) in [5.41, 5.74) is 4.29. The molecule has 2 atom stereocenters. The number of carboxylic acid groups (broad SMARTS) is 1. The van der Waals surface area contributed by atoms with E-state index >= 15 is 0 Å². The van der Waals surface area contributed by atoms with Crippen molar-refractivity contribution in [3.63, 3.8) is 0 Å². The van der Waals surface area contributed by atoms with Gasteiger partial charge in [-0.1, -0.05) is 47.0 Å². The van der Waals surface area contributed by atoms with Crippen molar-refractivity contribution in [2.24, 2.45) is 5.92 Å². The maximum absolute atomic E-state index is 13.5. The van der Waals surface area contributed by atoms with Crippen molar-refractivity contribution in [3.8, 4) is 5.75 Å². The van der Waals surface area contributed by atoms with E-state index in [1.165, 1.54) is 12.1 Å². The molecule has 0 unspecified atom stereocenters. The molecule has 5 aromatic rings.